The molecular weight excluding hydrogens is 418 g/mol. The van der Waals surface area contributed by atoms with Crippen LogP contribution in [0.4, 0.5) is 0 Å². The standard InChI is InChI=1S/C21H23N5O2S2/c1-13(2)15-5-7-17(8-6-15)28-14(3)19-23-24-21(25(19)4)30-12-16-11-18(27)26-9-10-29-20(26)22-16/h5-11,13-14H,12H2,1-4H3. The molecule has 0 amide bonds. The highest BCUT2D eigenvalue weighted by Gasteiger charge is 2.18. The van der Waals surface area contributed by atoms with E-state index in [1.807, 2.05) is 36.1 Å². The Hall–Kier alpha value is -2.65. The van der Waals surface area contributed by atoms with Crippen LogP contribution >= 0.6 is 23.1 Å². The maximum atomic E-state index is 12.1. The lowest BCUT2D eigenvalue weighted by Crippen LogP contribution is -2.12. The molecule has 1 aromatic carbocycles. The Labute approximate surface area is 182 Å². The molecule has 0 bridgehead atoms. The van der Waals surface area contributed by atoms with Gasteiger partial charge in [0.1, 0.15) is 5.75 Å². The quantitative estimate of drug-likeness (QED) is 0.395. The largest absolute Gasteiger partial charge is 0.483 e. The van der Waals surface area contributed by atoms with Gasteiger partial charge in [0.25, 0.3) is 5.56 Å². The Kier molecular flexibility index (Phi) is 5.92. The third-order valence-corrected chi connectivity index (χ3v) is 6.61. The van der Waals surface area contributed by atoms with E-state index in [-0.39, 0.29) is 11.7 Å². The van der Waals surface area contributed by atoms with Crippen molar-refractivity contribution in [2.45, 2.75) is 43.7 Å². The van der Waals surface area contributed by atoms with Crippen LogP contribution in [0, 0.1) is 0 Å². The van der Waals surface area contributed by atoms with E-state index in [0.717, 1.165) is 22.4 Å². The minimum Gasteiger partial charge on any atom is -0.483 e. The van der Waals surface area contributed by atoms with Crippen LogP contribution < -0.4 is 10.3 Å². The summed E-state index contributed by atoms with van der Waals surface area (Å²) in [6.07, 6.45) is 1.49. The van der Waals surface area contributed by atoms with Crippen LogP contribution in [0.25, 0.3) is 4.96 Å². The van der Waals surface area contributed by atoms with E-state index in [0.29, 0.717) is 16.6 Å². The normalized spacial score (nSPS) is 12.6. The minimum atomic E-state index is -0.244. The molecule has 1 atom stereocenters. The van der Waals surface area contributed by atoms with Gasteiger partial charge in [-0.1, -0.05) is 37.7 Å². The van der Waals surface area contributed by atoms with Gasteiger partial charge in [-0.05, 0) is 30.5 Å². The first-order valence-electron chi connectivity index (χ1n) is 9.67. The number of benzene rings is 1. The van der Waals surface area contributed by atoms with E-state index >= 15 is 0 Å². The van der Waals surface area contributed by atoms with Gasteiger partial charge in [0.05, 0.1) is 5.69 Å². The molecule has 0 aliphatic heterocycles. The van der Waals surface area contributed by atoms with Crippen molar-refractivity contribution in [3.8, 4) is 5.75 Å². The van der Waals surface area contributed by atoms with Crippen molar-refractivity contribution >= 4 is 28.1 Å². The number of aromatic nitrogens is 5. The van der Waals surface area contributed by atoms with Crippen molar-refractivity contribution in [3.63, 3.8) is 0 Å². The van der Waals surface area contributed by atoms with Crippen molar-refractivity contribution in [2.24, 2.45) is 7.05 Å². The zero-order valence-electron chi connectivity index (χ0n) is 17.3. The van der Waals surface area contributed by atoms with Crippen molar-refractivity contribution in [2.75, 3.05) is 0 Å². The van der Waals surface area contributed by atoms with Crippen LogP contribution in [0.5, 0.6) is 5.75 Å². The van der Waals surface area contributed by atoms with Crippen molar-refractivity contribution in [1.29, 1.82) is 0 Å². The minimum absolute atomic E-state index is 0.0685. The Bertz CT molecular complexity index is 1210. The number of fused-ring (bicyclic) bond motifs is 1. The zero-order valence-corrected chi connectivity index (χ0v) is 18.9. The molecule has 0 radical (unpaired) electrons. The summed E-state index contributed by atoms with van der Waals surface area (Å²) in [5.41, 5.74) is 1.94. The molecule has 0 N–H and O–H groups in total. The summed E-state index contributed by atoms with van der Waals surface area (Å²) in [5.74, 6) is 2.58. The molecule has 156 valence electrons. The molecule has 0 saturated carbocycles. The lowest BCUT2D eigenvalue weighted by Gasteiger charge is -2.15. The molecule has 30 heavy (non-hydrogen) atoms. The second-order valence-electron chi connectivity index (χ2n) is 7.31. The van der Waals surface area contributed by atoms with E-state index in [1.54, 1.807) is 16.7 Å². The summed E-state index contributed by atoms with van der Waals surface area (Å²) in [7, 11) is 1.92. The summed E-state index contributed by atoms with van der Waals surface area (Å²) < 4.78 is 9.53. The Morgan fingerprint density at radius 2 is 1.93 bits per heavy atom. The van der Waals surface area contributed by atoms with Gasteiger partial charge in [-0.15, -0.1) is 21.5 Å². The van der Waals surface area contributed by atoms with Crippen LogP contribution in [0.3, 0.4) is 0 Å². The van der Waals surface area contributed by atoms with Gasteiger partial charge >= 0.3 is 0 Å². The van der Waals surface area contributed by atoms with E-state index in [9.17, 15) is 4.79 Å². The number of rotatable bonds is 7. The molecule has 1 unspecified atom stereocenters. The molecule has 0 aliphatic carbocycles. The second kappa shape index (κ2) is 8.61. The predicted octanol–water partition coefficient (Wildman–Crippen LogP) is 4.44. The summed E-state index contributed by atoms with van der Waals surface area (Å²) in [4.78, 5) is 17.4. The first-order chi connectivity index (χ1) is 14.4. The summed E-state index contributed by atoms with van der Waals surface area (Å²) in [6.45, 7) is 6.30. The molecular formula is C21H23N5O2S2. The average Bonchev–Trinajstić information content (AvgIpc) is 3.33. The maximum Gasteiger partial charge on any atom is 0.258 e. The van der Waals surface area contributed by atoms with Gasteiger partial charge in [0.2, 0.25) is 0 Å². The molecule has 0 saturated heterocycles. The lowest BCUT2D eigenvalue weighted by atomic mass is 10.0. The summed E-state index contributed by atoms with van der Waals surface area (Å²) in [5, 5.41) is 11.2. The van der Waals surface area contributed by atoms with Gasteiger partial charge in [-0.25, -0.2) is 4.98 Å². The number of hydrogen-bond acceptors (Lipinski definition) is 7. The van der Waals surface area contributed by atoms with Gasteiger partial charge in [-0.2, -0.15) is 0 Å². The SMILES string of the molecule is CC(C)c1ccc(OC(C)c2nnc(SCc3cc(=O)n4ccsc4n3)n2C)cc1. The zero-order chi connectivity index (χ0) is 21.3. The topological polar surface area (TPSA) is 74.3 Å². The molecule has 7 nitrogen and oxygen atoms in total. The molecule has 0 fully saturated rings. The molecule has 0 spiro atoms. The molecule has 3 heterocycles. The van der Waals surface area contributed by atoms with Gasteiger partial charge in [-0.3, -0.25) is 9.20 Å². The molecule has 0 aliphatic rings. The average molecular weight is 442 g/mol. The van der Waals surface area contributed by atoms with E-state index in [2.05, 4.69) is 41.2 Å². The number of hydrogen-bond donors (Lipinski definition) is 0. The first kappa shape index (κ1) is 20.6. The van der Waals surface area contributed by atoms with Crippen LogP contribution in [0.15, 0.2) is 51.9 Å². The van der Waals surface area contributed by atoms with E-state index in [1.165, 1.54) is 28.7 Å². The molecule has 3 aromatic heterocycles. The van der Waals surface area contributed by atoms with Gasteiger partial charge < -0.3 is 9.30 Å². The fraction of sp³-hybridized carbons (Fsp3) is 0.333. The summed E-state index contributed by atoms with van der Waals surface area (Å²) in [6, 6.07) is 9.72. The van der Waals surface area contributed by atoms with Crippen molar-refractivity contribution in [3.05, 3.63) is 69.3 Å². The monoisotopic (exact) mass is 441 g/mol. The molecule has 4 aromatic rings. The van der Waals surface area contributed by atoms with Crippen molar-refractivity contribution in [1.82, 2.24) is 24.1 Å². The summed E-state index contributed by atoms with van der Waals surface area (Å²) >= 11 is 2.94. The highest BCUT2D eigenvalue weighted by Crippen LogP contribution is 2.26. The molecule has 9 heteroatoms. The number of ether oxygens (including phenoxy) is 1. The maximum absolute atomic E-state index is 12.1. The smallest absolute Gasteiger partial charge is 0.258 e. The van der Waals surface area contributed by atoms with E-state index in [4.69, 9.17) is 4.74 Å². The molecule has 4 rings (SSSR count). The third kappa shape index (κ3) is 4.27. The Morgan fingerprint density at radius 1 is 1.17 bits per heavy atom. The van der Waals surface area contributed by atoms with Crippen LogP contribution in [-0.4, -0.2) is 24.1 Å². The van der Waals surface area contributed by atoms with Gasteiger partial charge in [0, 0.05) is 30.4 Å². The Morgan fingerprint density at radius 3 is 2.67 bits per heavy atom. The van der Waals surface area contributed by atoms with Crippen LogP contribution in [-0.2, 0) is 12.8 Å². The second-order valence-corrected chi connectivity index (χ2v) is 9.13. The fourth-order valence-corrected chi connectivity index (χ4v) is 4.64. The highest BCUT2D eigenvalue weighted by molar-refractivity contribution is 7.98. The number of thioether (sulfide) groups is 1. The number of thiazole rings is 1. The highest BCUT2D eigenvalue weighted by atomic mass is 32.2. The van der Waals surface area contributed by atoms with Crippen molar-refractivity contribution < 1.29 is 4.74 Å². The number of nitrogens with zero attached hydrogens (tertiary/aromatic N) is 5. The fourth-order valence-electron chi connectivity index (χ4n) is 3.09. The first-order valence-corrected chi connectivity index (χ1v) is 11.5. The lowest BCUT2D eigenvalue weighted by molar-refractivity contribution is 0.211. The third-order valence-electron chi connectivity index (χ3n) is 4.80. The van der Waals surface area contributed by atoms with Crippen LogP contribution in [0.1, 0.15) is 49.9 Å². The predicted molar refractivity (Wildman–Crippen MR) is 119 cm³/mol. The van der Waals surface area contributed by atoms with Crippen LogP contribution in [0.2, 0.25) is 0 Å². The van der Waals surface area contributed by atoms with Gasteiger partial charge in [0.15, 0.2) is 22.0 Å². The van der Waals surface area contributed by atoms with E-state index < -0.39 is 0 Å². The Balaban J connectivity index is 1.44.